The van der Waals surface area contributed by atoms with Crippen molar-refractivity contribution in [3.05, 3.63) is 36.0 Å². The fraction of sp³-hybridized carbons (Fsp3) is 0. The topological polar surface area (TPSA) is 70.4 Å². The molecule has 0 amide bonds. The molecule has 2 N–H and O–H groups in total. The molecule has 70 valence electrons. The van der Waals surface area contributed by atoms with Crippen LogP contribution in [-0.2, 0) is 0 Å². The Morgan fingerprint density at radius 1 is 1.29 bits per heavy atom. The van der Waals surface area contributed by atoms with Gasteiger partial charge in [-0.3, -0.25) is 4.98 Å². The molecular weight excluding hydrogens is 182 g/mol. The first-order valence-corrected chi connectivity index (χ1v) is 4.00. The smallest absolute Gasteiger partial charge is 0.339 e. The molecule has 2 rings (SSSR count). The summed E-state index contributed by atoms with van der Waals surface area (Å²) in [6, 6.07) is 6.18. The van der Waals surface area contributed by atoms with Crippen molar-refractivity contribution in [2.24, 2.45) is 0 Å². The first kappa shape index (κ1) is 8.50. The van der Waals surface area contributed by atoms with Crippen LogP contribution in [0.1, 0.15) is 10.4 Å². The second kappa shape index (κ2) is 2.99. The van der Waals surface area contributed by atoms with E-state index in [1.54, 1.807) is 24.4 Å². The molecule has 14 heavy (non-hydrogen) atoms. The lowest BCUT2D eigenvalue weighted by Gasteiger charge is -2.02. The molecule has 4 nitrogen and oxygen atoms in total. The van der Waals surface area contributed by atoms with Crippen molar-refractivity contribution in [3.63, 3.8) is 0 Å². The van der Waals surface area contributed by atoms with Crippen molar-refractivity contribution in [2.75, 3.05) is 0 Å². The number of hydrogen-bond donors (Lipinski definition) is 2. The van der Waals surface area contributed by atoms with Gasteiger partial charge in [-0.25, -0.2) is 4.79 Å². The number of carbonyl (C=O) groups is 1. The van der Waals surface area contributed by atoms with Gasteiger partial charge in [0, 0.05) is 11.6 Å². The zero-order valence-electron chi connectivity index (χ0n) is 7.14. The summed E-state index contributed by atoms with van der Waals surface area (Å²) >= 11 is 0. The van der Waals surface area contributed by atoms with E-state index in [0.29, 0.717) is 10.9 Å². The minimum absolute atomic E-state index is 0.106. The Hall–Kier alpha value is -2.10. The van der Waals surface area contributed by atoms with Crippen molar-refractivity contribution in [1.29, 1.82) is 0 Å². The highest BCUT2D eigenvalue weighted by Crippen LogP contribution is 2.26. The van der Waals surface area contributed by atoms with Gasteiger partial charge in [-0.2, -0.15) is 0 Å². The summed E-state index contributed by atoms with van der Waals surface area (Å²) in [6.45, 7) is 0. The van der Waals surface area contributed by atoms with Crippen LogP contribution >= 0.6 is 0 Å². The molecule has 0 aliphatic rings. The van der Waals surface area contributed by atoms with Gasteiger partial charge in [0.05, 0.1) is 5.52 Å². The van der Waals surface area contributed by atoms with Crippen LogP contribution in [0.3, 0.4) is 0 Å². The summed E-state index contributed by atoms with van der Waals surface area (Å²) in [5.41, 5.74) is 0.473. The highest BCUT2D eigenvalue weighted by atomic mass is 16.4. The largest absolute Gasteiger partial charge is 0.506 e. The number of rotatable bonds is 1. The van der Waals surface area contributed by atoms with E-state index >= 15 is 0 Å². The van der Waals surface area contributed by atoms with Crippen LogP contribution in [0.15, 0.2) is 30.5 Å². The zero-order valence-corrected chi connectivity index (χ0v) is 7.14. The zero-order chi connectivity index (χ0) is 10.1. The summed E-state index contributed by atoms with van der Waals surface area (Å²) in [6.07, 6.45) is 1.59. The van der Waals surface area contributed by atoms with Crippen molar-refractivity contribution in [1.82, 2.24) is 4.98 Å². The standard InChI is InChI=1S/C10H7NO3/c12-9-6-2-1-5-11-8(6)4-3-7(9)10(13)14/h1-5,12H,(H,13,14). The van der Waals surface area contributed by atoms with E-state index in [4.69, 9.17) is 5.11 Å². The molecule has 0 fully saturated rings. The second-order valence-electron chi connectivity index (χ2n) is 2.84. The average molecular weight is 189 g/mol. The number of phenols is 1. The normalized spacial score (nSPS) is 10.3. The summed E-state index contributed by atoms with van der Waals surface area (Å²) in [5, 5.41) is 18.8. The Morgan fingerprint density at radius 2 is 2.07 bits per heavy atom. The van der Waals surface area contributed by atoms with Gasteiger partial charge in [0.15, 0.2) is 0 Å². The molecule has 0 aliphatic carbocycles. The van der Waals surface area contributed by atoms with Crippen LogP contribution in [0.2, 0.25) is 0 Å². The van der Waals surface area contributed by atoms with Crippen molar-refractivity contribution >= 4 is 16.9 Å². The SMILES string of the molecule is O=C(O)c1ccc2ncccc2c1O. The summed E-state index contributed by atoms with van der Waals surface area (Å²) in [5.74, 6) is -1.38. The van der Waals surface area contributed by atoms with Gasteiger partial charge in [0.1, 0.15) is 11.3 Å². The van der Waals surface area contributed by atoms with Gasteiger partial charge >= 0.3 is 5.97 Å². The number of hydrogen-bond acceptors (Lipinski definition) is 3. The van der Waals surface area contributed by atoms with Gasteiger partial charge in [0.25, 0.3) is 0 Å². The molecule has 0 bridgehead atoms. The number of benzene rings is 1. The molecule has 0 saturated carbocycles. The number of pyridine rings is 1. The minimum Gasteiger partial charge on any atom is -0.506 e. The Balaban J connectivity index is 2.81. The quantitative estimate of drug-likeness (QED) is 0.715. The third-order valence-electron chi connectivity index (χ3n) is 1.99. The van der Waals surface area contributed by atoms with E-state index in [-0.39, 0.29) is 11.3 Å². The monoisotopic (exact) mass is 189 g/mol. The number of aromatic hydroxyl groups is 1. The van der Waals surface area contributed by atoms with Crippen LogP contribution in [0.5, 0.6) is 5.75 Å². The van der Waals surface area contributed by atoms with Crippen LogP contribution in [-0.4, -0.2) is 21.2 Å². The molecule has 0 atom stereocenters. The first-order valence-electron chi connectivity index (χ1n) is 4.00. The first-order chi connectivity index (χ1) is 6.70. The molecule has 0 saturated heterocycles. The third-order valence-corrected chi connectivity index (χ3v) is 1.99. The molecule has 0 unspecified atom stereocenters. The van der Waals surface area contributed by atoms with Crippen molar-refractivity contribution < 1.29 is 15.0 Å². The predicted octanol–water partition coefficient (Wildman–Crippen LogP) is 1.64. The Labute approximate surface area is 79.4 Å². The number of carboxylic acid groups (broad SMARTS) is 1. The fourth-order valence-electron chi connectivity index (χ4n) is 1.31. The molecule has 1 aromatic heterocycles. The van der Waals surface area contributed by atoms with Crippen LogP contribution < -0.4 is 0 Å². The van der Waals surface area contributed by atoms with E-state index in [2.05, 4.69) is 4.98 Å². The lowest BCUT2D eigenvalue weighted by atomic mass is 10.1. The maximum Gasteiger partial charge on any atom is 0.339 e. The van der Waals surface area contributed by atoms with Gasteiger partial charge in [-0.15, -0.1) is 0 Å². The average Bonchev–Trinajstić information content (AvgIpc) is 2.18. The number of carboxylic acids is 1. The van der Waals surface area contributed by atoms with Crippen molar-refractivity contribution in [2.45, 2.75) is 0 Å². The highest BCUT2D eigenvalue weighted by Gasteiger charge is 2.11. The highest BCUT2D eigenvalue weighted by molar-refractivity contribution is 5.99. The number of aromatic nitrogens is 1. The number of nitrogens with zero attached hydrogens (tertiary/aromatic N) is 1. The lowest BCUT2D eigenvalue weighted by molar-refractivity contribution is 0.0694. The lowest BCUT2D eigenvalue weighted by Crippen LogP contribution is -1.96. The van der Waals surface area contributed by atoms with E-state index in [0.717, 1.165) is 0 Å². The molecule has 1 aromatic carbocycles. The van der Waals surface area contributed by atoms with E-state index in [1.165, 1.54) is 6.07 Å². The number of fused-ring (bicyclic) bond motifs is 1. The van der Waals surface area contributed by atoms with E-state index in [9.17, 15) is 9.90 Å². The molecule has 0 spiro atoms. The third kappa shape index (κ3) is 1.17. The second-order valence-corrected chi connectivity index (χ2v) is 2.84. The molecule has 2 aromatic rings. The van der Waals surface area contributed by atoms with Crippen LogP contribution in [0.25, 0.3) is 10.9 Å². The van der Waals surface area contributed by atoms with Crippen LogP contribution in [0, 0.1) is 0 Å². The fourth-order valence-corrected chi connectivity index (χ4v) is 1.31. The Bertz CT molecular complexity index is 508. The van der Waals surface area contributed by atoms with E-state index < -0.39 is 5.97 Å². The van der Waals surface area contributed by atoms with Crippen molar-refractivity contribution in [3.8, 4) is 5.75 Å². The van der Waals surface area contributed by atoms with Gasteiger partial charge < -0.3 is 10.2 Å². The predicted molar refractivity (Wildman–Crippen MR) is 50.4 cm³/mol. The molecule has 0 radical (unpaired) electrons. The van der Waals surface area contributed by atoms with E-state index in [1.807, 2.05) is 0 Å². The molecule has 1 heterocycles. The maximum atomic E-state index is 10.7. The molecule has 4 heteroatoms. The summed E-state index contributed by atoms with van der Waals surface area (Å²) in [7, 11) is 0. The number of aromatic carboxylic acids is 1. The Morgan fingerprint density at radius 3 is 2.79 bits per heavy atom. The molecule has 0 aliphatic heterocycles. The minimum atomic E-state index is -1.15. The molecular formula is C10H7NO3. The van der Waals surface area contributed by atoms with Gasteiger partial charge in [-0.1, -0.05) is 0 Å². The van der Waals surface area contributed by atoms with Gasteiger partial charge in [-0.05, 0) is 24.3 Å². The maximum absolute atomic E-state index is 10.7. The van der Waals surface area contributed by atoms with Gasteiger partial charge in [0.2, 0.25) is 0 Å². The summed E-state index contributed by atoms with van der Waals surface area (Å²) in [4.78, 5) is 14.7. The summed E-state index contributed by atoms with van der Waals surface area (Å²) < 4.78 is 0. The van der Waals surface area contributed by atoms with Crippen LogP contribution in [0.4, 0.5) is 0 Å². The Kier molecular flexibility index (Phi) is 1.81.